The molecule has 0 saturated carbocycles. The molecule has 0 amide bonds. The fraction of sp³-hybridized carbons (Fsp3) is 0. The Morgan fingerprint density at radius 3 is 1.40 bits per heavy atom. The average Bonchev–Trinajstić information content (AvgIpc) is 3.51. The molecule has 10 rings (SSSR count). The fourth-order valence-corrected chi connectivity index (χ4v) is 10.0. The van der Waals surface area contributed by atoms with Gasteiger partial charge in [0.25, 0.3) is 0 Å². The molecule has 0 atom stereocenters. The molecule has 0 saturated heterocycles. The van der Waals surface area contributed by atoms with E-state index in [0.717, 1.165) is 21.5 Å². The summed E-state index contributed by atoms with van der Waals surface area (Å²) in [6.45, 7) is 0. The SMILES string of the molecule is [2H]c1c2ccccc2c(-c2ccc3c(c2)[se]c2ccc(-c4c5ccccc5c(-c5ccccc5)c5ccccc45)cc23)c2ccccc12. The van der Waals surface area contributed by atoms with Gasteiger partial charge in [-0.05, 0) is 0 Å². The summed E-state index contributed by atoms with van der Waals surface area (Å²) in [5.41, 5.74) is 7.56. The van der Waals surface area contributed by atoms with Crippen LogP contribution in [0.25, 0.3) is 95.8 Å². The summed E-state index contributed by atoms with van der Waals surface area (Å²) in [6.07, 6.45) is 0. The molecule has 9 aromatic carbocycles. The van der Waals surface area contributed by atoms with Gasteiger partial charge in [-0.3, -0.25) is 0 Å². The number of hydrogen-bond acceptors (Lipinski definition) is 0. The normalized spacial score (nSPS) is 12.1. The van der Waals surface area contributed by atoms with Crippen molar-refractivity contribution in [3.8, 4) is 33.4 Å². The Kier molecular flexibility index (Phi) is 5.76. The van der Waals surface area contributed by atoms with Crippen molar-refractivity contribution in [3.05, 3.63) is 170 Å². The predicted octanol–water partition coefficient (Wildman–Crippen LogP) is 12.7. The molecule has 218 valence electrons. The number of benzene rings is 9. The third-order valence-electron chi connectivity index (χ3n) is 9.70. The molecule has 47 heavy (non-hydrogen) atoms. The molecule has 1 heterocycles. The summed E-state index contributed by atoms with van der Waals surface area (Å²) in [5.74, 6) is 0. The van der Waals surface area contributed by atoms with E-state index < -0.39 is 0 Å². The maximum absolute atomic E-state index is 8.95. The van der Waals surface area contributed by atoms with Gasteiger partial charge in [0, 0.05) is 0 Å². The molecule has 0 N–H and O–H groups in total. The van der Waals surface area contributed by atoms with Crippen molar-refractivity contribution in [1.29, 1.82) is 0 Å². The zero-order valence-electron chi connectivity index (χ0n) is 26.5. The van der Waals surface area contributed by atoms with Crippen molar-refractivity contribution in [1.82, 2.24) is 0 Å². The van der Waals surface area contributed by atoms with E-state index in [0.29, 0.717) is 6.04 Å². The van der Waals surface area contributed by atoms with Gasteiger partial charge in [-0.2, -0.15) is 0 Å². The van der Waals surface area contributed by atoms with Crippen LogP contribution in [0.3, 0.4) is 0 Å². The Morgan fingerprint density at radius 2 is 0.787 bits per heavy atom. The van der Waals surface area contributed by atoms with Gasteiger partial charge in [0.15, 0.2) is 0 Å². The van der Waals surface area contributed by atoms with Gasteiger partial charge >= 0.3 is 281 Å². The number of fused-ring (bicyclic) bond motifs is 7. The van der Waals surface area contributed by atoms with Crippen molar-refractivity contribution < 1.29 is 1.37 Å². The Morgan fingerprint density at radius 1 is 0.319 bits per heavy atom. The van der Waals surface area contributed by atoms with Crippen LogP contribution in [0, 0.1) is 0 Å². The van der Waals surface area contributed by atoms with E-state index in [-0.39, 0.29) is 14.5 Å². The third kappa shape index (κ3) is 4.14. The Bertz CT molecular complexity index is 2780. The molecule has 0 aliphatic carbocycles. The second-order valence-corrected chi connectivity index (χ2v) is 14.6. The molecule has 0 spiro atoms. The van der Waals surface area contributed by atoms with Crippen LogP contribution in [0.5, 0.6) is 0 Å². The molecule has 10 aromatic rings. The van der Waals surface area contributed by atoms with Gasteiger partial charge in [0.1, 0.15) is 0 Å². The van der Waals surface area contributed by atoms with Gasteiger partial charge in [0.2, 0.25) is 0 Å². The summed E-state index contributed by atoms with van der Waals surface area (Å²) in [7, 11) is 0. The Hall–Kier alpha value is -5.46. The predicted molar refractivity (Wildman–Crippen MR) is 205 cm³/mol. The molecule has 0 unspecified atom stereocenters. The Labute approximate surface area is 280 Å². The van der Waals surface area contributed by atoms with Crippen LogP contribution in [0.1, 0.15) is 1.37 Å². The molecule has 0 radical (unpaired) electrons. The molecule has 1 aromatic heterocycles. The zero-order valence-corrected chi connectivity index (χ0v) is 27.2. The quantitative estimate of drug-likeness (QED) is 0.131. The van der Waals surface area contributed by atoms with Crippen LogP contribution in [-0.2, 0) is 0 Å². The van der Waals surface area contributed by atoms with Gasteiger partial charge < -0.3 is 0 Å². The van der Waals surface area contributed by atoms with E-state index >= 15 is 0 Å². The molecular formula is C46H28Se. The summed E-state index contributed by atoms with van der Waals surface area (Å²) in [6, 6.07) is 60.2. The van der Waals surface area contributed by atoms with E-state index in [1.54, 1.807) is 0 Å². The molecular weight excluding hydrogens is 631 g/mol. The molecule has 0 fully saturated rings. The average molecular weight is 661 g/mol. The van der Waals surface area contributed by atoms with Gasteiger partial charge in [0.05, 0.1) is 0 Å². The first kappa shape index (κ1) is 25.7. The van der Waals surface area contributed by atoms with Crippen molar-refractivity contribution in [2.24, 2.45) is 0 Å². The minimum atomic E-state index is 0.210. The third-order valence-corrected chi connectivity index (χ3v) is 12.1. The number of rotatable bonds is 3. The topological polar surface area (TPSA) is 0 Å². The van der Waals surface area contributed by atoms with Crippen LogP contribution in [0.2, 0.25) is 0 Å². The summed E-state index contributed by atoms with van der Waals surface area (Å²) < 4.78 is 11.8. The first-order valence-corrected chi connectivity index (χ1v) is 17.8. The molecule has 0 aliphatic heterocycles. The molecule has 0 bridgehead atoms. The second-order valence-electron chi connectivity index (χ2n) is 12.3. The van der Waals surface area contributed by atoms with Gasteiger partial charge in [-0.25, -0.2) is 0 Å². The van der Waals surface area contributed by atoms with Crippen molar-refractivity contribution in [3.63, 3.8) is 0 Å². The Balaban J connectivity index is 1.21. The fourth-order valence-electron chi connectivity index (χ4n) is 7.66. The zero-order chi connectivity index (χ0) is 31.8. The standard InChI is InChI=1S/C46H28Se/c1-2-12-29(13-3-1)44-37-18-8-10-20-39(37)46(40-21-11-9-19-38(40)44)32-23-25-42-41(27-32)36-24-22-33(28-43(36)47-42)45-34-16-6-4-14-30(34)26-31-15-5-7-17-35(31)45/h1-28H/i26D. The van der Waals surface area contributed by atoms with Crippen LogP contribution < -0.4 is 0 Å². The maximum atomic E-state index is 8.95. The van der Waals surface area contributed by atoms with Gasteiger partial charge in [-0.1, -0.05) is 0 Å². The van der Waals surface area contributed by atoms with Crippen LogP contribution in [0.4, 0.5) is 0 Å². The van der Waals surface area contributed by atoms with Crippen molar-refractivity contribution in [2.75, 3.05) is 0 Å². The van der Waals surface area contributed by atoms with Crippen LogP contribution >= 0.6 is 0 Å². The van der Waals surface area contributed by atoms with E-state index in [9.17, 15) is 0 Å². The molecule has 0 aliphatic rings. The molecule has 0 nitrogen and oxygen atoms in total. The minimum absolute atomic E-state index is 0.210. The monoisotopic (exact) mass is 661 g/mol. The second kappa shape index (κ2) is 10.5. The summed E-state index contributed by atoms with van der Waals surface area (Å²) in [4.78, 5) is 0. The van der Waals surface area contributed by atoms with E-state index in [4.69, 9.17) is 1.37 Å². The van der Waals surface area contributed by atoms with E-state index in [1.807, 2.05) is 12.1 Å². The first-order chi connectivity index (χ1) is 23.7. The van der Waals surface area contributed by atoms with Crippen molar-refractivity contribution >= 4 is 76.9 Å². The van der Waals surface area contributed by atoms with Crippen molar-refractivity contribution in [2.45, 2.75) is 0 Å². The van der Waals surface area contributed by atoms with Gasteiger partial charge in [-0.15, -0.1) is 0 Å². The van der Waals surface area contributed by atoms with Crippen LogP contribution in [0.15, 0.2) is 170 Å². The number of hydrogen-bond donors (Lipinski definition) is 0. The van der Waals surface area contributed by atoms with E-state index in [1.165, 1.54) is 74.2 Å². The summed E-state index contributed by atoms with van der Waals surface area (Å²) in [5, 5.41) is 12.1. The first-order valence-electron chi connectivity index (χ1n) is 16.6. The van der Waals surface area contributed by atoms with Crippen LogP contribution in [-0.4, -0.2) is 14.5 Å². The van der Waals surface area contributed by atoms with E-state index in [2.05, 4.69) is 152 Å². The molecule has 1 heteroatoms. The summed E-state index contributed by atoms with van der Waals surface area (Å²) >= 11 is 0.210.